The van der Waals surface area contributed by atoms with Crippen LogP contribution < -0.4 is 9.64 Å². The maximum absolute atomic E-state index is 10.2. The van der Waals surface area contributed by atoms with Crippen LogP contribution in [0.3, 0.4) is 0 Å². The monoisotopic (exact) mass is 455 g/mol. The number of anilines is 3. The van der Waals surface area contributed by atoms with Crippen LogP contribution in [0.4, 0.5) is 17.1 Å². The van der Waals surface area contributed by atoms with Crippen molar-refractivity contribution in [3.05, 3.63) is 94.5 Å². The zero-order valence-electron chi connectivity index (χ0n) is 20.0. The fourth-order valence-electron chi connectivity index (χ4n) is 4.47. The van der Waals surface area contributed by atoms with Crippen molar-refractivity contribution >= 4 is 17.1 Å². The summed E-state index contributed by atoms with van der Waals surface area (Å²) in [5, 5.41) is 30.3. The first-order chi connectivity index (χ1) is 16.2. The van der Waals surface area contributed by atoms with Crippen molar-refractivity contribution in [2.75, 3.05) is 4.90 Å². The van der Waals surface area contributed by atoms with Crippen LogP contribution in [-0.2, 0) is 0 Å². The number of nitrogens with zero attached hydrogens (tertiary/aromatic N) is 1. The Hall–Kier alpha value is -4.12. The van der Waals surface area contributed by atoms with E-state index in [0.29, 0.717) is 11.5 Å². The van der Waals surface area contributed by atoms with Gasteiger partial charge in [-0.3, -0.25) is 0 Å². The van der Waals surface area contributed by atoms with Gasteiger partial charge < -0.3 is 25.0 Å². The molecule has 0 saturated heterocycles. The third-order valence-corrected chi connectivity index (χ3v) is 5.90. The number of benzene rings is 4. The van der Waals surface area contributed by atoms with Gasteiger partial charge in [0.25, 0.3) is 0 Å². The summed E-state index contributed by atoms with van der Waals surface area (Å²) in [6.07, 6.45) is 0. The molecule has 0 aliphatic rings. The molecule has 5 heteroatoms. The third-order valence-electron chi connectivity index (χ3n) is 5.90. The summed E-state index contributed by atoms with van der Waals surface area (Å²) in [6, 6.07) is 19.9. The lowest BCUT2D eigenvalue weighted by Crippen LogP contribution is -2.16. The van der Waals surface area contributed by atoms with Crippen molar-refractivity contribution in [1.29, 1.82) is 0 Å². The van der Waals surface area contributed by atoms with E-state index in [0.717, 1.165) is 44.9 Å². The van der Waals surface area contributed by atoms with Crippen LogP contribution in [0.15, 0.2) is 66.7 Å². The SMILES string of the molecule is Cc1cc(Oc2ccccc2N(c2c(C)cc(O)cc2C)c2c(C)cc(O)cc2C)ccc1O. The number of hydrogen-bond acceptors (Lipinski definition) is 5. The molecule has 174 valence electrons. The van der Waals surface area contributed by atoms with Gasteiger partial charge in [-0.2, -0.15) is 0 Å². The lowest BCUT2D eigenvalue weighted by Gasteiger charge is -2.32. The van der Waals surface area contributed by atoms with Crippen LogP contribution in [0.2, 0.25) is 0 Å². The Balaban J connectivity index is 1.97. The van der Waals surface area contributed by atoms with Gasteiger partial charge >= 0.3 is 0 Å². The molecule has 0 atom stereocenters. The van der Waals surface area contributed by atoms with Crippen molar-refractivity contribution in [1.82, 2.24) is 0 Å². The van der Waals surface area contributed by atoms with Crippen LogP contribution in [0.1, 0.15) is 27.8 Å². The first-order valence-corrected chi connectivity index (χ1v) is 11.1. The van der Waals surface area contributed by atoms with Crippen LogP contribution in [0, 0.1) is 34.6 Å². The zero-order valence-corrected chi connectivity index (χ0v) is 20.0. The van der Waals surface area contributed by atoms with Crippen molar-refractivity contribution in [3.8, 4) is 28.7 Å². The van der Waals surface area contributed by atoms with Crippen molar-refractivity contribution in [3.63, 3.8) is 0 Å². The minimum Gasteiger partial charge on any atom is -0.508 e. The van der Waals surface area contributed by atoms with Gasteiger partial charge in [0.2, 0.25) is 0 Å². The molecule has 4 rings (SSSR count). The fourth-order valence-corrected chi connectivity index (χ4v) is 4.47. The summed E-state index contributed by atoms with van der Waals surface area (Å²) in [6.45, 7) is 9.69. The molecule has 3 N–H and O–H groups in total. The van der Waals surface area contributed by atoms with Gasteiger partial charge in [-0.25, -0.2) is 0 Å². The molecule has 4 aromatic rings. The molecule has 0 aliphatic carbocycles. The van der Waals surface area contributed by atoms with E-state index in [2.05, 4.69) is 4.90 Å². The molecule has 4 aromatic carbocycles. The summed E-state index contributed by atoms with van der Waals surface area (Å²) >= 11 is 0. The highest BCUT2D eigenvalue weighted by Gasteiger charge is 2.24. The number of ether oxygens (including phenoxy) is 1. The van der Waals surface area contributed by atoms with Gasteiger partial charge in [0.05, 0.1) is 17.1 Å². The molecule has 0 aliphatic heterocycles. The standard InChI is InChI=1S/C29H29NO4/c1-17-16-24(10-11-26(17)33)34-27-9-7-6-8-25(27)30(28-18(2)12-22(31)13-19(28)3)29-20(4)14-23(32)15-21(29)5/h6-16,31-33H,1-5H3. The van der Waals surface area contributed by atoms with Gasteiger partial charge in [0, 0.05) is 0 Å². The number of phenols is 3. The van der Waals surface area contributed by atoms with Gasteiger partial charge in [0.15, 0.2) is 5.75 Å². The van der Waals surface area contributed by atoms with Gasteiger partial charge in [-0.05, 0) is 117 Å². The van der Waals surface area contributed by atoms with E-state index in [4.69, 9.17) is 4.74 Å². The Labute approximate surface area is 200 Å². The first kappa shape index (κ1) is 23.1. The van der Waals surface area contributed by atoms with E-state index in [9.17, 15) is 15.3 Å². The average molecular weight is 456 g/mol. The number of phenolic OH excluding ortho intramolecular Hbond substituents is 3. The Morgan fingerprint density at radius 3 is 1.59 bits per heavy atom. The Kier molecular flexibility index (Phi) is 6.12. The largest absolute Gasteiger partial charge is 0.508 e. The van der Waals surface area contributed by atoms with E-state index in [1.54, 1.807) is 42.5 Å². The second-order valence-electron chi connectivity index (χ2n) is 8.71. The highest BCUT2D eigenvalue weighted by Crippen LogP contribution is 2.47. The number of rotatable bonds is 5. The quantitative estimate of drug-likeness (QED) is 0.289. The summed E-state index contributed by atoms with van der Waals surface area (Å²) in [5.74, 6) is 1.88. The molecule has 0 aromatic heterocycles. The highest BCUT2D eigenvalue weighted by molar-refractivity contribution is 5.86. The summed E-state index contributed by atoms with van der Waals surface area (Å²) in [7, 11) is 0. The predicted octanol–water partition coefficient (Wildman–Crippen LogP) is 7.61. The molecular weight excluding hydrogens is 426 g/mol. The van der Waals surface area contributed by atoms with Crippen molar-refractivity contribution < 1.29 is 20.1 Å². The van der Waals surface area contributed by atoms with Gasteiger partial charge in [-0.1, -0.05) is 12.1 Å². The Morgan fingerprint density at radius 2 is 1.09 bits per heavy atom. The molecule has 0 saturated carbocycles. The molecule has 0 bridgehead atoms. The van der Waals surface area contributed by atoms with Gasteiger partial charge in [0.1, 0.15) is 23.0 Å². The Bertz CT molecular complexity index is 1270. The lowest BCUT2D eigenvalue weighted by molar-refractivity contribution is 0.461. The van der Waals surface area contributed by atoms with E-state index in [1.165, 1.54) is 0 Å². The lowest BCUT2D eigenvalue weighted by atomic mass is 10.0. The van der Waals surface area contributed by atoms with Crippen LogP contribution >= 0.6 is 0 Å². The van der Waals surface area contributed by atoms with E-state index in [-0.39, 0.29) is 17.2 Å². The first-order valence-electron chi connectivity index (χ1n) is 11.1. The minimum atomic E-state index is 0.210. The molecule has 5 nitrogen and oxygen atoms in total. The topological polar surface area (TPSA) is 73.2 Å². The summed E-state index contributed by atoms with van der Waals surface area (Å²) < 4.78 is 6.32. The second-order valence-corrected chi connectivity index (χ2v) is 8.71. The van der Waals surface area contributed by atoms with E-state index < -0.39 is 0 Å². The zero-order chi connectivity index (χ0) is 24.6. The molecule has 0 fully saturated rings. The molecule has 0 unspecified atom stereocenters. The number of aromatic hydroxyl groups is 3. The molecular formula is C29H29NO4. The maximum Gasteiger partial charge on any atom is 0.151 e. The van der Waals surface area contributed by atoms with Crippen LogP contribution in [0.25, 0.3) is 0 Å². The van der Waals surface area contributed by atoms with E-state index in [1.807, 2.05) is 58.9 Å². The maximum atomic E-state index is 10.2. The van der Waals surface area contributed by atoms with Crippen molar-refractivity contribution in [2.24, 2.45) is 0 Å². The van der Waals surface area contributed by atoms with Crippen LogP contribution in [-0.4, -0.2) is 15.3 Å². The summed E-state index contributed by atoms with van der Waals surface area (Å²) in [5.41, 5.74) is 6.99. The smallest absolute Gasteiger partial charge is 0.151 e. The molecule has 0 heterocycles. The Morgan fingerprint density at radius 1 is 0.588 bits per heavy atom. The molecule has 0 spiro atoms. The molecule has 34 heavy (non-hydrogen) atoms. The van der Waals surface area contributed by atoms with Crippen LogP contribution in [0.5, 0.6) is 28.7 Å². The predicted molar refractivity (Wildman–Crippen MR) is 136 cm³/mol. The second kappa shape index (κ2) is 9.02. The number of para-hydroxylation sites is 2. The molecule has 0 radical (unpaired) electrons. The highest BCUT2D eigenvalue weighted by atomic mass is 16.5. The van der Waals surface area contributed by atoms with Gasteiger partial charge in [-0.15, -0.1) is 0 Å². The third kappa shape index (κ3) is 4.37. The average Bonchev–Trinajstić information content (AvgIpc) is 2.74. The molecule has 0 amide bonds. The normalized spacial score (nSPS) is 10.9. The van der Waals surface area contributed by atoms with Crippen molar-refractivity contribution in [2.45, 2.75) is 34.6 Å². The fraction of sp³-hybridized carbons (Fsp3) is 0.172. The van der Waals surface area contributed by atoms with E-state index >= 15 is 0 Å². The number of hydrogen-bond donors (Lipinski definition) is 3. The summed E-state index contributed by atoms with van der Waals surface area (Å²) in [4.78, 5) is 2.12. The minimum absolute atomic E-state index is 0.210. The number of aryl methyl sites for hydroxylation is 5.